The quantitative estimate of drug-likeness (QED) is 0.787. The summed E-state index contributed by atoms with van der Waals surface area (Å²) in [6.07, 6.45) is 3.79. The van der Waals surface area contributed by atoms with Crippen LogP contribution in [0.5, 0.6) is 5.75 Å². The van der Waals surface area contributed by atoms with Crippen LogP contribution in [0.4, 0.5) is 0 Å². The van der Waals surface area contributed by atoms with E-state index in [2.05, 4.69) is 10.3 Å². The van der Waals surface area contributed by atoms with Gasteiger partial charge in [0.15, 0.2) is 6.61 Å². The van der Waals surface area contributed by atoms with Crippen LogP contribution in [0.2, 0.25) is 5.02 Å². The second-order valence-corrected chi connectivity index (χ2v) is 5.10. The van der Waals surface area contributed by atoms with Gasteiger partial charge in [-0.05, 0) is 24.3 Å². The first-order chi connectivity index (χ1) is 10.7. The van der Waals surface area contributed by atoms with Crippen molar-refractivity contribution in [1.82, 2.24) is 14.7 Å². The van der Waals surface area contributed by atoms with Gasteiger partial charge in [0.1, 0.15) is 11.4 Å². The fourth-order valence-electron chi connectivity index (χ4n) is 2.02. The molecule has 0 saturated carbocycles. The Kier molecular flexibility index (Phi) is 4.25. The normalized spacial score (nSPS) is 10.6. The van der Waals surface area contributed by atoms with E-state index in [0.29, 0.717) is 17.3 Å². The number of benzene rings is 1. The van der Waals surface area contributed by atoms with E-state index in [0.717, 1.165) is 11.3 Å². The molecule has 2 heterocycles. The molecule has 3 rings (SSSR count). The van der Waals surface area contributed by atoms with Crippen molar-refractivity contribution in [1.29, 1.82) is 0 Å². The number of carbonyl (C=O) groups is 1. The van der Waals surface area contributed by atoms with Crippen molar-refractivity contribution < 1.29 is 9.53 Å². The number of rotatable bonds is 5. The fourth-order valence-corrected chi connectivity index (χ4v) is 2.21. The molecule has 2 aromatic heterocycles. The van der Waals surface area contributed by atoms with Crippen LogP contribution in [0.1, 0.15) is 5.69 Å². The number of nitrogens with zero attached hydrogens (tertiary/aromatic N) is 2. The summed E-state index contributed by atoms with van der Waals surface area (Å²) in [5.74, 6) is 0.268. The zero-order valence-corrected chi connectivity index (χ0v) is 12.5. The summed E-state index contributed by atoms with van der Waals surface area (Å²) in [6.45, 7) is 0.267. The first-order valence-corrected chi connectivity index (χ1v) is 7.17. The van der Waals surface area contributed by atoms with Crippen molar-refractivity contribution in [2.45, 2.75) is 6.54 Å². The third kappa shape index (κ3) is 3.38. The molecule has 1 amide bonds. The minimum atomic E-state index is -0.225. The molecule has 0 aliphatic carbocycles. The highest BCUT2D eigenvalue weighted by molar-refractivity contribution is 6.32. The summed E-state index contributed by atoms with van der Waals surface area (Å²) in [4.78, 5) is 16.2. The van der Waals surface area contributed by atoms with Crippen LogP contribution in [0.15, 0.2) is 54.9 Å². The van der Waals surface area contributed by atoms with E-state index in [1.165, 1.54) is 0 Å². The van der Waals surface area contributed by atoms with E-state index >= 15 is 0 Å². The van der Waals surface area contributed by atoms with E-state index < -0.39 is 0 Å². The third-order valence-electron chi connectivity index (χ3n) is 3.08. The van der Waals surface area contributed by atoms with Crippen LogP contribution < -0.4 is 10.1 Å². The maximum absolute atomic E-state index is 11.8. The van der Waals surface area contributed by atoms with Crippen molar-refractivity contribution in [2.75, 3.05) is 6.61 Å². The van der Waals surface area contributed by atoms with Gasteiger partial charge >= 0.3 is 0 Å². The highest BCUT2D eigenvalue weighted by Crippen LogP contribution is 2.22. The average Bonchev–Trinajstić information content (AvgIpc) is 2.95. The number of aromatic nitrogens is 2. The number of pyridine rings is 1. The number of ether oxygens (including phenoxy) is 1. The highest BCUT2D eigenvalue weighted by atomic mass is 35.5. The molecule has 0 radical (unpaired) electrons. The maximum atomic E-state index is 11.8. The molecule has 5 nitrogen and oxygen atoms in total. The van der Waals surface area contributed by atoms with E-state index in [1.54, 1.807) is 24.3 Å². The van der Waals surface area contributed by atoms with Crippen LogP contribution in [0.25, 0.3) is 5.65 Å². The van der Waals surface area contributed by atoms with Crippen molar-refractivity contribution in [2.24, 2.45) is 0 Å². The van der Waals surface area contributed by atoms with Gasteiger partial charge in [-0.15, -0.1) is 0 Å². The van der Waals surface area contributed by atoms with E-state index in [1.807, 2.05) is 35.0 Å². The van der Waals surface area contributed by atoms with Crippen LogP contribution in [0.3, 0.4) is 0 Å². The number of fused-ring (bicyclic) bond motifs is 1. The summed E-state index contributed by atoms with van der Waals surface area (Å²) in [7, 11) is 0. The Morgan fingerprint density at radius 1 is 1.23 bits per heavy atom. The van der Waals surface area contributed by atoms with Crippen LogP contribution >= 0.6 is 11.6 Å². The topological polar surface area (TPSA) is 55.6 Å². The number of imidazole rings is 1. The predicted molar refractivity (Wildman–Crippen MR) is 84.0 cm³/mol. The van der Waals surface area contributed by atoms with E-state index in [4.69, 9.17) is 16.3 Å². The average molecular weight is 316 g/mol. The molecule has 0 saturated heterocycles. The number of carbonyl (C=O) groups excluding carboxylic acids is 1. The lowest BCUT2D eigenvalue weighted by molar-refractivity contribution is -0.123. The Hall–Kier alpha value is -2.53. The predicted octanol–water partition coefficient (Wildman–Crippen LogP) is 2.68. The molecule has 1 N–H and O–H groups in total. The highest BCUT2D eigenvalue weighted by Gasteiger charge is 2.07. The molecule has 0 aliphatic rings. The number of hydrogen-bond acceptors (Lipinski definition) is 3. The van der Waals surface area contributed by atoms with Gasteiger partial charge in [-0.3, -0.25) is 4.79 Å². The zero-order chi connectivity index (χ0) is 15.4. The smallest absolute Gasteiger partial charge is 0.258 e. The van der Waals surface area contributed by atoms with E-state index in [-0.39, 0.29) is 12.5 Å². The maximum Gasteiger partial charge on any atom is 0.258 e. The van der Waals surface area contributed by atoms with Gasteiger partial charge in [0.25, 0.3) is 5.91 Å². The number of amides is 1. The number of para-hydroxylation sites is 1. The van der Waals surface area contributed by atoms with Gasteiger partial charge in [0.05, 0.1) is 17.3 Å². The monoisotopic (exact) mass is 315 g/mol. The van der Waals surface area contributed by atoms with Crippen molar-refractivity contribution in [3.63, 3.8) is 0 Å². The SMILES string of the molecule is O=C(COc1ccccc1Cl)NCc1cn2ccccc2n1. The molecule has 3 aromatic rings. The molecule has 6 heteroatoms. The van der Waals surface area contributed by atoms with Crippen LogP contribution in [-0.4, -0.2) is 21.9 Å². The molecule has 1 aromatic carbocycles. The second kappa shape index (κ2) is 6.49. The molecule has 0 aliphatic heterocycles. The summed E-state index contributed by atoms with van der Waals surface area (Å²) < 4.78 is 7.28. The largest absolute Gasteiger partial charge is 0.482 e. The van der Waals surface area contributed by atoms with Crippen molar-refractivity contribution in [3.8, 4) is 5.75 Å². The summed E-state index contributed by atoms with van der Waals surface area (Å²) in [5.41, 5.74) is 1.64. The number of halogens is 1. The van der Waals surface area contributed by atoms with E-state index in [9.17, 15) is 4.79 Å². The Bertz CT molecular complexity index is 768. The minimum absolute atomic E-state index is 0.0862. The summed E-state index contributed by atoms with van der Waals surface area (Å²) in [6, 6.07) is 12.8. The lowest BCUT2D eigenvalue weighted by atomic mass is 10.3. The summed E-state index contributed by atoms with van der Waals surface area (Å²) >= 11 is 5.96. The van der Waals surface area contributed by atoms with Gasteiger partial charge in [-0.2, -0.15) is 0 Å². The molecule has 22 heavy (non-hydrogen) atoms. The third-order valence-corrected chi connectivity index (χ3v) is 3.39. The molecule has 0 fully saturated rings. The molecule has 112 valence electrons. The number of nitrogens with one attached hydrogen (secondary N) is 1. The number of hydrogen-bond donors (Lipinski definition) is 1. The Balaban J connectivity index is 1.53. The molecule has 0 unspecified atom stereocenters. The molecular weight excluding hydrogens is 302 g/mol. The first kappa shape index (κ1) is 14.4. The summed E-state index contributed by atoms with van der Waals surface area (Å²) in [5, 5.41) is 3.25. The standard InChI is InChI=1S/C16H14ClN3O2/c17-13-5-1-2-6-14(13)22-11-16(21)18-9-12-10-20-8-4-3-7-15(20)19-12/h1-8,10H,9,11H2,(H,18,21). The van der Waals surface area contributed by atoms with Gasteiger partial charge in [-0.1, -0.05) is 29.8 Å². The second-order valence-electron chi connectivity index (χ2n) is 4.69. The lowest BCUT2D eigenvalue weighted by Crippen LogP contribution is -2.28. The fraction of sp³-hybridized carbons (Fsp3) is 0.125. The van der Waals surface area contributed by atoms with Crippen molar-refractivity contribution in [3.05, 3.63) is 65.6 Å². The molecule has 0 atom stereocenters. The Morgan fingerprint density at radius 2 is 2.05 bits per heavy atom. The van der Waals surface area contributed by atoms with Crippen molar-refractivity contribution >= 4 is 23.2 Å². The molecule has 0 spiro atoms. The Morgan fingerprint density at radius 3 is 2.86 bits per heavy atom. The Labute approximate surface area is 132 Å². The molecular formula is C16H14ClN3O2. The van der Waals surface area contributed by atoms with Crippen LogP contribution in [0, 0.1) is 0 Å². The van der Waals surface area contributed by atoms with Crippen LogP contribution in [-0.2, 0) is 11.3 Å². The zero-order valence-electron chi connectivity index (χ0n) is 11.7. The van der Waals surface area contributed by atoms with Gasteiger partial charge in [0.2, 0.25) is 0 Å². The van der Waals surface area contributed by atoms with Gasteiger partial charge in [-0.25, -0.2) is 4.98 Å². The van der Waals surface area contributed by atoms with Gasteiger partial charge < -0.3 is 14.5 Å². The first-order valence-electron chi connectivity index (χ1n) is 6.79. The minimum Gasteiger partial charge on any atom is -0.482 e. The molecule has 0 bridgehead atoms. The van der Waals surface area contributed by atoms with Gasteiger partial charge in [0, 0.05) is 12.4 Å². The lowest BCUT2D eigenvalue weighted by Gasteiger charge is -2.07.